The van der Waals surface area contributed by atoms with E-state index in [4.69, 9.17) is 0 Å². The summed E-state index contributed by atoms with van der Waals surface area (Å²) >= 11 is 1.70. The number of hydrogen-bond donors (Lipinski definition) is 1. The molecule has 0 radical (unpaired) electrons. The first-order valence-corrected chi connectivity index (χ1v) is 8.03. The van der Waals surface area contributed by atoms with Crippen LogP contribution in [0.1, 0.15) is 46.1 Å². The largest absolute Gasteiger partial charge is 0.391 e. The number of rotatable bonds is 8. The lowest BCUT2D eigenvalue weighted by Crippen LogP contribution is -2.56. The molecule has 0 fully saturated rings. The van der Waals surface area contributed by atoms with Crippen molar-refractivity contribution in [1.29, 1.82) is 0 Å². The summed E-state index contributed by atoms with van der Waals surface area (Å²) in [6.45, 7) is 10.7. The predicted molar refractivity (Wildman–Crippen MR) is 80.3 cm³/mol. The fraction of sp³-hybridized carbons (Fsp3) is 0.733. The van der Waals surface area contributed by atoms with Gasteiger partial charge in [-0.1, -0.05) is 27.7 Å². The number of likely N-dealkylation sites (N-methyl/N-ethyl adjacent to an activating group) is 1. The van der Waals surface area contributed by atoms with Crippen LogP contribution in [-0.2, 0) is 6.42 Å². The highest BCUT2D eigenvalue weighted by Crippen LogP contribution is 2.30. The second-order valence-corrected chi connectivity index (χ2v) is 5.61. The fourth-order valence-electron chi connectivity index (χ4n) is 3.05. The molecule has 1 N–H and O–H groups in total. The molecule has 1 rings (SSSR count). The van der Waals surface area contributed by atoms with Crippen molar-refractivity contribution in [2.45, 2.75) is 58.6 Å². The molecule has 0 saturated heterocycles. The van der Waals surface area contributed by atoms with Crippen molar-refractivity contribution in [2.24, 2.45) is 0 Å². The molecule has 0 aliphatic heterocycles. The topological polar surface area (TPSA) is 23.5 Å². The Morgan fingerprint density at radius 2 is 1.83 bits per heavy atom. The van der Waals surface area contributed by atoms with Gasteiger partial charge in [-0.05, 0) is 48.3 Å². The van der Waals surface area contributed by atoms with E-state index in [1.54, 1.807) is 11.3 Å². The summed E-state index contributed by atoms with van der Waals surface area (Å²) in [6, 6.07) is 2.12. The third-order valence-electron chi connectivity index (χ3n) is 4.25. The molecule has 18 heavy (non-hydrogen) atoms. The monoisotopic (exact) mass is 269 g/mol. The summed E-state index contributed by atoms with van der Waals surface area (Å²) in [5.41, 5.74) is 1.18. The number of nitrogens with zero attached hydrogens (tertiary/aromatic N) is 1. The first-order valence-electron chi connectivity index (χ1n) is 7.08. The summed E-state index contributed by atoms with van der Waals surface area (Å²) in [7, 11) is 0. The number of hydrogen-bond acceptors (Lipinski definition) is 3. The highest BCUT2D eigenvalue weighted by Gasteiger charge is 2.38. The lowest BCUT2D eigenvalue weighted by atomic mass is 9.82. The lowest BCUT2D eigenvalue weighted by Gasteiger charge is -2.45. The van der Waals surface area contributed by atoms with Crippen molar-refractivity contribution in [3.05, 3.63) is 22.4 Å². The molecule has 1 aromatic heterocycles. The first kappa shape index (κ1) is 15.7. The van der Waals surface area contributed by atoms with Gasteiger partial charge < -0.3 is 5.11 Å². The third-order valence-corrected chi connectivity index (χ3v) is 4.98. The zero-order valence-electron chi connectivity index (χ0n) is 12.1. The second-order valence-electron chi connectivity index (χ2n) is 4.83. The summed E-state index contributed by atoms with van der Waals surface area (Å²) in [4.78, 5) is 2.42. The molecule has 2 nitrogen and oxygen atoms in total. The summed E-state index contributed by atoms with van der Waals surface area (Å²) < 4.78 is 0. The van der Waals surface area contributed by atoms with Gasteiger partial charge in [-0.25, -0.2) is 0 Å². The van der Waals surface area contributed by atoms with Crippen molar-refractivity contribution in [3.8, 4) is 0 Å². The van der Waals surface area contributed by atoms with Crippen LogP contribution in [0.5, 0.6) is 0 Å². The third kappa shape index (κ3) is 3.14. The van der Waals surface area contributed by atoms with Crippen LogP contribution >= 0.6 is 11.3 Å². The van der Waals surface area contributed by atoms with Crippen molar-refractivity contribution in [3.63, 3.8) is 0 Å². The van der Waals surface area contributed by atoms with Gasteiger partial charge in [0, 0.05) is 12.0 Å². The van der Waals surface area contributed by atoms with E-state index >= 15 is 0 Å². The Kier molecular flexibility index (Phi) is 6.33. The average Bonchev–Trinajstić information content (AvgIpc) is 2.88. The van der Waals surface area contributed by atoms with Gasteiger partial charge in [0.05, 0.1) is 6.10 Å². The number of thiophene rings is 1. The van der Waals surface area contributed by atoms with Crippen molar-refractivity contribution in [2.75, 3.05) is 13.1 Å². The Morgan fingerprint density at radius 3 is 2.22 bits per heavy atom. The van der Waals surface area contributed by atoms with E-state index in [0.29, 0.717) is 0 Å². The SMILES string of the molecule is CCN(CC)C(CC)(CC)C(O)Cc1ccsc1. The van der Waals surface area contributed by atoms with Crippen LogP contribution in [0.2, 0.25) is 0 Å². The fourth-order valence-corrected chi connectivity index (χ4v) is 3.74. The summed E-state index contributed by atoms with van der Waals surface area (Å²) in [6.07, 6.45) is 2.47. The molecule has 1 atom stereocenters. The minimum absolute atomic E-state index is 0.0779. The minimum atomic E-state index is -0.290. The van der Waals surface area contributed by atoms with Crippen molar-refractivity contribution >= 4 is 11.3 Å². The molecule has 0 amide bonds. The van der Waals surface area contributed by atoms with Crippen molar-refractivity contribution < 1.29 is 5.11 Å². The summed E-state index contributed by atoms with van der Waals surface area (Å²) in [5, 5.41) is 14.9. The first-order chi connectivity index (χ1) is 8.64. The Hall–Kier alpha value is -0.380. The number of aliphatic hydroxyl groups excluding tert-OH is 1. The minimum Gasteiger partial charge on any atom is -0.391 e. The van der Waals surface area contributed by atoms with Crippen LogP contribution in [0.15, 0.2) is 16.8 Å². The van der Waals surface area contributed by atoms with Gasteiger partial charge in [0.25, 0.3) is 0 Å². The van der Waals surface area contributed by atoms with Gasteiger partial charge >= 0.3 is 0 Å². The van der Waals surface area contributed by atoms with E-state index in [2.05, 4.69) is 49.4 Å². The molecule has 1 unspecified atom stereocenters. The van der Waals surface area contributed by atoms with E-state index < -0.39 is 0 Å². The van der Waals surface area contributed by atoms with Gasteiger partial charge in [0.15, 0.2) is 0 Å². The maximum Gasteiger partial charge on any atom is 0.0764 e. The van der Waals surface area contributed by atoms with Crippen LogP contribution in [0, 0.1) is 0 Å². The number of aliphatic hydroxyl groups is 1. The van der Waals surface area contributed by atoms with Gasteiger partial charge in [0.2, 0.25) is 0 Å². The van der Waals surface area contributed by atoms with Gasteiger partial charge in [0.1, 0.15) is 0 Å². The zero-order chi connectivity index (χ0) is 13.6. The van der Waals surface area contributed by atoms with Crippen LogP contribution in [0.4, 0.5) is 0 Å². The lowest BCUT2D eigenvalue weighted by molar-refractivity contribution is -0.0340. The maximum atomic E-state index is 10.7. The zero-order valence-corrected chi connectivity index (χ0v) is 13.0. The normalized spacial score (nSPS) is 14.1. The molecule has 1 aromatic rings. The predicted octanol–water partition coefficient (Wildman–Crippen LogP) is 3.55. The molecule has 104 valence electrons. The average molecular weight is 269 g/mol. The van der Waals surface area contributed by atoms with Crippen LogP contribution in [0.25, 0.3) is 0 Å². The summed E-state index contributed by atoms with van der Waals surface area (Å²) in [5.74, 6) is 0. The Morgan fingerprint density at radius 1 is 1.22 bits per heavy atom. The Bertz CT molecular complexity index is 315. The Balaban J connectivity index is 2.88. The van der Waals surface area contributed by atoms with Crippen LogP contribution < -0.4 is 0 Å². The van der Waals surface area contributed by atoms with E-state index in [1.165, 1.54) is 5.56 Å². The van der Waals surface area contributed by atoms with E-state index in [0.717, 1.165) is 32.4 Å². The van der Waals surface area contributed by atoms with Crippen LogP contribution in [0.3, 0.4) is 0 Å². The highest BCUT2D eigenvalue weighted by molar-refractivity contribution is 7.07. The molecule has 0 aromatic carbocycles. The molecule has 3 heteroatoms. The van der Waals surface area contributed by atoms with Gasteiger partial charge in [-0.2, -0.15) is 11.3 Å². The molecule has 1 heterocycles. The molecule has 0 saturated carbocycles. The van der Waals surface area contributed by atoms with Crippen molar-refractivity contribution in [1.82, 2.24) is 4.90 Å². The van der Waals surface area contributed by atoms with Crippen LogP contribution in [-0.4, -0.2) is 34.7 Å². The Labute approximate surface area is 116 Å². The van der Waals surface area contributed by atoms with E-state index in [-0.39, 0.29) is 11.6 Å². The van der Waals surface area contributed by atoms with Gasteiger partial charge in [-0.15, -0.1) is 0 Å². The second kappa shape index (κ2) is 7.27. The highest BCUT2D eigenvalue weighted by atomic mass is 32.1. The smallest absolute Gasteiger partial charge is 0.0764 e. The molecule has 0 bridgehead atoms. The molecule has 0 aliphatic carbocycles. The standard InChI is InChI=1S/C15H27NOS/c1-5-15(6-2,16(7-3)8-4)14(17)11-13-9-10-18-12-13/h9-10,12,14,17H,5-8,11H2,1-4H3. The maximum absolute atomic E-state index is 10.7. The van der Waals surface area contributed by atoms with E-state index in [1.807, 2.05) is 0 Å². The molecule has 0 spiro atoms. The molecular formula is C15H27NOS. The molecular weight excluding hydrogens is 242 g/mol. The van der Waals surface area contributed by atoms with Gasteiger partial charge in [-0.3, -0.25) is 4.90 Å². The van der Waals surface area contributed by atoms with E-state index in [9.17, 15) is 5.11 Å². The molecule has 0 aliphatic rings. The quantitative estimate of drug-likeness (QED) is 0.780.